The number of benzene rings is 1. The zero-order chi connectivity index (χ0) is 36.0. The second-order valence-corrected chi connectivity index (χ2v) is 19.6. The molecule has 47 heavy (non-hydrogen) atoms. The normalized spacial score (nSPS) is 21.7. The Morgan fingerprint density at radius 2 is 1.06 bits per heavy atom. The summed E-state index contributed by atoms with van der Waals surface area (Å²) in [6.07, 6.45) is 3.90. The predicted octanol–water partition coefficient (Wildman–Crippen LogP) is 8.41. The van der Waals surface area contributed by atoms with Crippen LogP contribution in [0.2, 0.25) is 0 Å². The lowest BCUT2D eigenvalue weighted by Gasteiger charge is -2.47. The maximum absolute atomic E-state index is 14.8. The van der Waals surface area contributed by atoms with Crippen LogP contribution in [-0.2, 0) is 36.3 Å². The van der Waals surface area contributed by atoms with Crippen molar-refractivity contribution >= 4 is 11.9 Å². The zero-order valence-electron chi connectivity index (χ0n) is 32.5. The number of unbranched alkanes of at least 4 members (excludes halogenated alkanes) is 1. The first-order valence-corrected chi connectivity index (χ1v) is 18.0. The monoisotopic (exact) mass is 657 g/mol. The van der Waals surface area contributed by atoms with Gasteiger partial charge in [-0.15, -0.1) is 0 Å². The molecule has 2 saturated heterocycles. The second kappa shape index (κ2) is 13.3. The number of ether oxygens (including phenoxy) is 2. The van der Waals surface area contributed by atoms with Gasteiger partial charge in [0.2, 0.25) is 0 Å². The third-order valence-electron chi connectivity index (χ3n) is 9.88. The van der Waals surface area contributed by atoms with Gasteiger partial charge in [0, 0.05) is 47.8 Å². The number of aromatic hydroxyl groups is 1. The molecule has 0 bridgehead atoms. The van der Waals surface area contributed by atoms with E-state index in [0.717, 1.165) is 23.1 Å². The van der Waals surface area contributed by atoms with Crippen molar-refractivity contribution in [3.05, 3.63) is 28.8 Å². The Kier molecular flexibility index (Phi) is 11.1. The molecule has 3 rings (SSSR count). The van der Waals surface area contributed by atoms with Crippen LogP contribution < -0.4 is 10.6 Å². The van der Waals surface area contributed by atoms with Gasteiger partial charge in [-0.2, -0.15) is 0 Å². The van der Waals surface area contributed by atoms with E-state index in [1.807, 2.05) is 12.1 Å². The Balaban J connectivity index is 2.18. The number of hydrogen-bond donors (Lipinski definition) is 3. The molecule has 0 amide bonds. The molecule has 1 aromatic carbocycles. The fourth-order valence-corrected chi connectivity index (χ4v) is 8.44. The van der Waals surface area contributed by atoms with Crippen molar-refractivity contribution in [2.75, 3.05) is 0 Å². The first kappa shape index (κ1) is 39.3. The smallest absolute Gasteiger partial charge is 0.324 e. The lowest BCUT2D eigenvalue weighted by molar-refractivity contribution is -0.183. The Morgan fingerprint density at radius 3 is 1.36 bits per heavy atom. The van der Waals surface area contributed by atoms with Crippen molar-refractivity contribution in [1.29, 1.82) is 0 Å². The highest BCUT2D eigenvalue weighted by molar-refractivity contribution is 6.00. The van der Waals surface area contributed by atoms with E-state index in [2.05, 4.69) is 114 Å². The summed E-state index contributed by atoms with van der Waals surface area (Å²) in [5.41, 5.74) is -0.730. The number of phenols is 1. The van der Waals surface area contributed by atoms with E-state index in [1.165, 1.54) is 0 Å². The van der Waals surface area contributed by atoms with Gasteiger partial charge in [-0.05, 0) is 95.8 Å². The van der Waals surface area contributed by atoms with E-state index in [0.29, 0.717) is 38.5 Å². The highest BCUT2D eigenvalue weighted by atomic mass is 16.6. The maximum Gasteiger partial charge on any atom is 0.324 e. The van der Waals surface area contributed by atoms with Crippen LogP contribution >= 0.6 is 0 Å². The summed E-state index contributed by atoms with van der Waals surface area (Å²) in [7, 11) is 0. The molecular formula is C40H68N2O5. The Labute approximate surface area is 286 Å². The average Bonchev–Trinajstić information content (AvgIpc) is 2.81. The van der Waals surface area contributed by atoms with Crippen molar-refractivity contribution in [3.63, 3.8) is 0 Å². The summed E-state index contributed by atoms with van der Waals surface area (Å²) in [6, 6.07) is 3.97. The van der Waals surface area contributed by atoms with Crippen LogP contribution in [0.15, 0.2) is 12.1 Å². The van der Waals surface area contributed by atoms with E-state index >= 15 is 0 Å². The minimum Gasteiger partial charge on any atom is -0.507 e. The lowest BCUT2D eigenvalue weighted by Crippen LogP contribution is -2.61. The van der Waals surface area contributed by atoms with Gasteiger partial charge in [0.05, 0.1) is 0 Å². The number of phenolic OH excluding ortho intramolecular Hbond substituents is 1. The van der Waals surface area contributed by atoms with Crippen molar-refractivity contribution < 1.29 is 24.2 Å². The SMILES string of the molecule is CCCCC(Cc1cc(C(C)(C)C)c(O)c(C(C)(C)C)c1)(C(=O)OC1CC(C)(C)NC(C)(C)C1)C(=O)OC1CC(C)(C)NC(C)(C)C1. The fraction of sp³-hybridized carbons (Fsp3) is 0.800. The molecule has 0 spiro atoms. The van der Waals surface area contributed by atoms with Gasteiger partial charge in [0.15, 0.2) is 5.41 Å². The Hall–Kier alpha value is -2.12. The number of esters is 2. The molecule has 0 aromatic heterocycles. The maximum atomic E-state index is 14.8. The standard InChI is InChI=1S/C40H68N2O5/c1-16-17-18-40(32(44)46-27-22-36(8,9)41-37(10,11)23-27,33(45)47-28-24-38(12,13)42-39(14,15)25-28)21-26-19-29(34(2,3)4)31(43)30(20-26)35(5,6)7/h19-20,27-28,41-43H,16-18,21-25H2,1-15H3. The number of hydrogen-bond acceptors (Lipinski definition) is 7. The van der Waals surface area contributed by atoms with E-state index < -0.39 is 17.4 Å². The van der Waals surface area contributed by atoms with Gasteiger partial charge in [-0.1, -0.05) is 73.4 Å². The number of carbonyl (C=O) groups excluding carboxylic acids is 2. The van der Waals surface area contributed by atoms with Crippen molar-refractivity contribution in [3.8, 4) is 5.75 Å². The van der Waals surface area contributed by atoms with E-state index in [4.69, 9.17) is 9.47 Å². The summed E-state index contributed by atoms with van der Waals surface area (Å²) >= 11 is 0. The number of carbonyl (C=O) groups is 2. The summed E-state index contributed by atoms with van der Waals surface area (Å²) in [4.78, 5) is 29.7. The van der Waals surface area contributed by atoms with Crippen LogP contribution in [0.5, 0.6) is 5.75 Å². The number of rotatable bonds is 9. The van der Waals surface area contributed by atoms with Crippen LogP contribution in [0.4, 0.5) is 0 Å². The summed E-state index contributed by atoms with van der Waals surface area (Å²) < 4.78 is 12.9. The van der Waals surface area contributed by atoms with Gasteiger partial charge in [-0.3, -0.25) is 9.59 Å². The van der Waals surface area contributed by atoms with Gasteiger partial charge >= 0.3 is 11.9 Å². The van der Waals surface area contributed by atoms with Crippen LogP contribution in [-0.4, -0.2) is 51.4 Å². The minimum absolute atomic E-state index is 0.145. The molecule has 0 saturated carbocycles. The second-order valence-electron chi connectivity index (χ2n) is 19.6. The molecule has 7 heteroatoms. The lowest BCUT2D eigenvalue weighted by atomic mass is 9.73. The molecule has 0 unspecified atom stereocenters. The Bertz CT molecular complexity index is 1180. The first-order chi connectivity index (χ1) is 21.1. The topological polar surface area (TPSA) is 96.9 Å². The molecule has 7 nitrogen and oxygen atoms in total. The number of piperidine rings is 2. The number of nitrogens with one attached hydrogen (secondary N) is 2. The molecule has 3 N–H and O–H groups in total. The molecule has 0 atom stereocenters. The van der Waals surface area contributed by atoms with Crippen molar-refractivity contribution in [2.45, 2.75) is 200 Å². The first-order valence-electron chi connectivity index (χ1n) is 18.0. The van der Waals surface area contributed by atoms with Gasteiger partial charge in [-0.25, -0.2) is 0 Å². The van der Waals surface area contributed by atoms with Gasteiger partial charge in [0.25, 0.3) is 0 Å². The van der Waals surface area contributed by atoms with Crippen molar-refractivity contribution in [2.24, 2.45) is 5.41 Å². The zero-order valence-corrected chi connectivity index (χ0v) is 32.5. The van der Waals surface area contributed by atoms with Crippen LogP contribution in [0.1, 0.15) is 165 Å². The Morgan fingerprint density at radius 1 is 0.723 bits per heavy atom. The molecule has 2 aliphatic heterocycles. The highest BCUT2D eigenvalue weighted by Gasteiger charge is 2.52. The molecule has 2 aliphatic rings. The summed E-state index contributed by atoms with van der Waals surface area (Å²) in [5, 5.41) is 18.8. The summed E-state index contributed by atoms with van der Waals surface area (Å²) in [6.45, 7) is 31.6. The van der Waals surface area contributed by atoms with Crippen molar-refractivity contribution in [1.82, 2.24) is 10.6 Å². The predicted molar refractivity (Wildman–Crippen MR) is 192 cm³/mol. The van der Waals surface area contributed by atoms with E-state index in [9.17, 15) is 14.7 Å². The third-order valence-corrected chi connectivity index (χ3v) is 9.88. The largest absolute Gasteiger partial charge is 0.507 e. The highest BCUT2D eigenvalue weighted by Crippen LogP contribution is 2.44. The van der Waals surface area contributed by atoms with Crippen LogP contribution in [0.3, 0.4) is 0 Å². The molecule has 268 valence electrons. The minimum atomic E-state index is -1.53. The van der Waals surface area contributed by atoms with Crippen LogP contribution in [0.25, 0.3) is 0 Å². The van der Waals surface area contributed by atoms with Gasteiger partial charge < -0.3 is 25.2 Å². The molecule has 2 heterocycles. The molecule has 0 radical (unpaired) electrons. The van der Waals surface area contributed by atoms with E-state index in [1.54, 1.807) is 0 Å². The molecule has 2 fully saturated rings. The van der Waals surface area contributed by atoms with Crippen LogP contribution in [0, 0.1) is 5.41 Å². The third kappa shape index (κ3) is 9.97. The van der Waals surface area contributed by atoms with E-state index in [-0.39, 0.29) is 57.4 Å². The quantitative estimate of drug-likeness (QED) is 0.181. The fourth-order valence-electron chi connectivity index (χ4n) is 8.44. The molecule has 1 aromatic rings. The molecular weight excluding hydrogens is 588 g/mol. The average molecular weight is 657 g/mol. The molecule has 0 aliphatic carbocycles. The van der Waals surface area contributed by atoms with Gasteiger partial charge in [0.1, 0.15) is 18.0 Å². The summed E-state index contributed by atoms with van der Waals surface area (Å²) in [5.74, 6) is -0.717.